The van der Waals surface area contributed by atoms with Crippen molar-refractivity contribution in [3.63, 3.8) is 0 Å². The number of nitriles is 1. The highest BCUT2D eigenvalue weighted by Gasteiger charge is 2.35. The lowest BCUT2D eigenvalue weighted by molar-refractivity contribution is -0.139. The van der Waals surface area contributed by atoms with Crippen LogP contribution in [0.1, 0.15) is 17.2 Å². The van der Waals surface area contributed by atoms with E-state index >= 15 is 0 Å². The maximum absolute atomic E-state index is 12.7. The topological polar surface area (TPSA) is 53.2 Å². The fraction of sp³-hybridized carbons (Fsp3) is 0.364. The van der Waals surface area contributed by atoms with Crippen LogP contribution in [0.3, 0.4) is 0 Å². The molecule has 92 valence electrons. The van der Waals surface area contributed by atoms with Crippen LogP contribution in [0.25, 0.3) is 0 Å². The van der Waals surface area contributed by atoms with Crippen molar-refractivity contribution in [2.24, 2.45) is 0 Å². The average Bonchev–Trinajstić information content (AvgIpc) is 2.29. The molecule has 0 fully saturated rings. The Labute approximate surface area is 96.1 Å². The van der Waals surface area contributed by atoms with E-state index in [1.165, 1.54) is 18.2 Å². The van der Waals surface area contributed by atoms with Crippen molar-refractivity contribution >= 4 is 0 Å². The highest BCUT2D eigenvalue weighted by Crippen LogP contribution is 2.35. The van der Waals surface area contributed by atoms with Gasteiger partial charge in [0.05, 0.1) is 24.8 Å². The van der Waals surface area contributed by atoms with Gasteiger partial charge in [-0.15, -0.1) is 0 Å². The van der Waals surface area contributed by atoms with Crippen molar-refractivity contribution < 1.29 is 23.0 Å². The normalized spacial score (nSPS) is 13.1. The Morgan fingerprint density at radius 1 is 1.35 bits per heavy atom. The van der Waals surface area contributed by atoms with Gasteiger partial charge in [0.15, 0.2) is 6.10 Å². The predicted octanol–water partition coefficient (Wildman–Crippen LogP) is 2.28. The van der Waals surface area contributed by atoms with Crippen LogP contribution in [-0.4, -0.2) is 18.3 Å². The van der Waals surface area contributed by atoms with E-state index in [4.69, 9.17) is 15.1 Å². The molecule has 0 spiro atoms. The van der Waals surface area contributed by atoms with E-state index in [1.807, 2.05) is 0 Å². The molecule has 0 aliphatic heterocycles. The van der Waals surface area contributed by atoms with Crippen LogP contribution in [0, 0.1) is 11.3 Å². The molecule has 0 heterocycles. The maximum atomic E-state index is 12.7. The molecule has 17 heavy (non-hydrogen) atoms. The summed E-state index contributed by atoms with van der Waals surface area (Å²) < 4.78 is 42.8. The Morgan fingerprint density at radius 2 is 2.00 bits per heavy atom. The standard InChI is InChI=1S/C11H10F3NO2/c12-11(13,14)9-4-2-1-3-8(9)10(7-15)17-6-5-16/h1-4,10,16H,5-6H2. The zero-order valence-corrected chi connectivity index (χ0v) is 8.74. The van der Waals surface area contributed by atoms with E-state index in [2.05, 4.69) is 0 Å². The van der Waals surface area contributed by atoms with Crippen molar-refractivity contribution in [1.29, 1.82) is 5.26 Å². The second-order valence-electron chi connectivity index (χ2n) is 3.19. The first-order valence-electron chi connectivity index (χ1n) is 4.79. The lowest BCUT2D eigenvalue weighted by Crippen LogP contribution is -2.14. The molecule has 0 saturated heterocycles. The minimum absolute atomic E-state index is 0.190. The number of rotatable bonds is 4. The lowest BCUT2D eigenvalue weighted by Gasteiger charge is -2.16. The quantitative estimate of drug-likeness (QED) is 0.885. The van der Waals surface area contributed by atoms with Gasteiger partial charge in [-0.3, -0.25) is 0 Å². The number of alkyl halides is 3. The van der Waals surface area contributed by atoms with Gasteiger partial charge in [-0.05, 0) is 6.07 Å². The van der Waals surface area contributed by atoms with Gasteiger partial charge in [0.1, 0.15) is 0 Å². The summed E-state index contributed by atoms with van der Waals surface area (Å²) in [5.41, 5.74) is -1.14. The van der Waals surface area contributed by atoms with Gasteiger partial charge in [0, 0.05) is 5.56 Å². The molecule has 0 bridgehead atoms. The number of halogens is 3. The number of benzene rings is 1. The van der Waals surface area contributed by atoms with Gasteiger partial charge in [-0.1, -0.05) is 18.2 Å². The first-order valence-corrected chi connectivity index (χ1v) is 4.79. The summed E-state index contributed by atoms with van der Waals surface area (Å²) in [5.74, 6) is 0. The van der Waals surface area contributed by atoms with Crippen LogP contribution >= 0.6 is 0 Å². The second-order valence-corrected chi connectivity index (χ2v) is 3.19. The third-order valence-corrected chi connectivity index (χ3v) is 2.04. The number of nitrogens with zero attached hydrogens (tertiary/aromatic N) is 1. The van der Waals surface area contributed by atoms with Crippen molar-refractivity contribution in [1.82, 2.24) is 0 Å². The van der Waals surface area contributed by atoms with E-state index in [0.29, 0.717) is 0 Å². The Kier molecular flexibility index (Phi) is 4.49. The summed E-state index contributed by atoms with van der Waals surface area (Å²) in [5, 5.41) is 17.3. The molecular formula is C11H10F3NO2. The number of aliphatic hydroxyl groups is 1. The van der Waals surface area contributed by atoms with Crippen LogP contribution in [0.4, 0.5) is 13.2 Å². The molecule has 1 rings (SSSR count). The SMILES string of the molecule is N#CC(OCCO)c1ccccc1C(F)(F)F. The van der Waals surface area contributed by atoms with E-state index in [1.54, 1.807) is 6.07 Å². The fourth-order valence-corrected chi connectivity index (χ4v) is 1.35. The molecule has 0 aliphatic rings. The van der Waals surface area contributed by atoms with Crippen LogP contribution in [0.5, 0.6) is 0 Å². The third-order valence-electron chi connectivity index (χ3n) is 2.04. The van der Waals surface area contributed by atoms with Crippen molar-refractivity contribution in [3.05, 3.63) is 35.4 Å². The number of hydrogen-bond acceptors (Lipinski definition) is 3. The van der Waals surface area contributed by atoms with Gasteiger partial charge in [0.2, 0.25) is 0 Å². The summed E-state index contributed by atoms with van der Waals surface area (Å²) in [6.07, 6.45) is -5.87. The molecular weight excluding hydrogens is 235 g/mol. The summed E-state index contributed by atoms with van der Waals surface area (Å²) in [6.45, 7) is -0.545. The third kappa shape index (κ3) is 3.44. The Hall–Kier alpha value is -1.58. The highest BCUT2D eigenvalue weighted by atomic mass is 19.4. The largest absolute Gasteiger partial charge is 0.416 e. The van der Waals surface area contributed by atoms with Crippen LogP contribution in [0.15, 0.2) is 24.3 Å². The first-order chi connectivity index (χ1) is 8.00. The van der Waals surface area contributed by atoms with E-state index in [0.717, 1.165) is 6.07 Å². The monoisotopic (exact) mass is 245 g/mol. The average molecular weight is 245 g/mol. The van der Waals surface area contributed by atoms with Crippen molar-refractivity contribution in [2.45, 2.75) is 12.3 Å². The first kappa shape index (κ1) is 13.5. The minimum atomic E-state index is -4.53. The fourth-order valence-electron chi connectivity index (χ4n) is 1.35. The molecule has 1 aromatic carbocycles. The van der Waals surface area contributed by atoms with Crippen molar-refractivity contribution in [2.75, 3.05) is 13.2 Å². The van der Waals surface area contributed by atoms with Gasteiger partial charge in [-0.25, -0.2) is 0 Å². The smallest absolute Gasteiger partial charge is 0.394 e. The molecule has 0 radical (unpaired) electrons. The minimum Gasteiger partial charge on any atom is -0.394 e. The van der Waals surface area contributed by atoms with E-state index in [-0.39, 0.29) is 18.8 Å². The zero-order chi connectivity index (χ0) is 12.9. The number of ether oxygens (including phenoxy) is 1. The molecule has 3 nitrogen and oxygen atoms in total. The molecule has 6 heteroatoms. The summed E-state index contributed by atoms with van der Waals surface area (Å²) in [6, 6.07) is 6.35. The molecule has 1 N–H and O–H groups in total. The van der Waals surface area contributed by atoms with Gasteiger partial charge in [0.25, 0.3) is 0 Å². The second kappa shape index (κ2) is 5.66. The summed E-state index contributed by atoms with van der Waals surface area (Å²) in [7, 11) is 0. The molecule has 0 saturated carbocycles. The predicted molar refractivity (Wildman–Crippen MR) is 52.8 cm³/mol. The number of aliphatic hydroxyl groups excluding tert-OH is 1. The number of hydrogen-bond donors (Lipinski definition) is 1. The Morgan fingerprint density at radius 3 is 2.53 bits per heavy atom. The molecule has 0 aromatic heterocycles. The van der Waals surface area contributed by atoms with E-state index in [9.17, 15) is 13.2 Å². The van der Waals surface area contributed by atoms with Gasteiger partial charge < -0.3 is 9.84 Å². The summed E-state index contributed by atoms with van der Waals surface area (Å²) in [4.78, 5) is 0. The van der Waals surface area contributed by atoms with Crippen LogP contribution in [-0.2, 0) is 10.9 Å². The molecule has 0 aliphatic carbocycles. The lowest BCUT2D eigenvalue weighted by atomic mass is 10.0. The summed E-state index contributed by atoms with van der Waals surface area (Å²) >= 11 is 0. The van der Waals surface area contributed by atoms with Crippen LogP contribution < -0.4 is 0 Å². The Bertz CT molecular complexity index is 412. The van der Waals surface area contributed by atoms with Gasteiger partial charge >= 0.3 is 6.18 Å². The molecule has 0 amide bonds. The molecule has 1 unspecified atom stereocenters. The molecule has 1 aromatic rings. The van der Waals surface area contributed by atoms with Gasteiger partial charge in [-0.2, -0.15) is 18.4 Å². The van der Waals surface area contributed by atoms with Crippen molar-refractivity contribution in [3.8, 4) is 6.07 Å². The zero-order valence-electron chi connectivity index (χ0n) is 8.74. The van der Waals surface area contributed by atoms with Crippen LogP contribution in [0.2, 0.25) is 0 Å². The Balaban J connectivity index is 3.08. The maximum Gasteiger partial charge on any atom is 0.416 e. The van der Waals surface area contributed by atoms with E-state index < -0.39 is 17.8 Å². The highest BCUT2D eigenvalue weighted by molar-refractivity contribution is 5.34. The molecule has 1 atom stereocenters.